The lowest BCUT2D eigenvalue weighted by molar-refractivity contribution is -0.138. The molecule has 0 saturated heterocycles. The normalized spacial score (nSPS) is 12.3. The van der Waals surface area contributed by atoms with Gasteiger partial charge in [-0.15, -0.1) is 0 Å². The molecule has 3 nitrogen and oxygen atoms in total. The van der Waals surface area contributed by atoms with Crippen LogP contribution in [0, 0.1) is 5.82 Å². The van der Waals surface area contributed by atoms with Gasteiger partial charge in [0.2, 0.25) is 0 Å². The Morgan fingerprint density at radius 3 is 2.68 bits per heavy atom. The fourth-order valence-corrected chi connectivity index (χ4v) is 1.79. The summed E-state index contributed by atoms with van der Waals surface area (Å²) in [6.45, 7) is 8.00. The highest BCUT2D eigenvalue weighted by Gasteiger charge is 2.18. The van der Waals surface area contributed by atoms with Gasteiger partial charge in [0.15, 0.2) is 0 Å². The molecule has 1 unspecified atom stereocenters. The van der Waals surface area contributed by atoms with Gasteiger partial charge in [-0.05, 0) is 27.0 Å². The lowest BCUT2D eigenvalue weighted by Gasteiger charge is -2.25. The van der Waals surface area contributed by atoms with Crippen LogP contribution < -0.4 is 0 Å². The van der Waals surface area contributed by atoms with Crippen molar-refractivity contribution in [3.8, 4) is 0 Å². The zero-order valence-electron chi connectivity index (χ0n) is 11.6. The van der Waals surface area contributed by atoms with Crippen molar-refractivity contribution in [3.63, 3.8) is 0 Å². The third kappa shape index (κ3) is 4.17. The highest BCUT2D eigenvalue weighted by molar-refractivity contribution is 5.88. The zero-order chi connectivity index (χ0) is 14.4. The summed E-state index contributed by atoms with van der Waals surface area (Å²) in [5.74, 6) is -0.654. The number of nitrogens with zero attached hydrogens (tertiary/aromatic N) is 1. The van der Waals surface area contributed by atoms with E-state index in [-0.39, 0.29) is 11.9 Å². The van der Waals surface area contributed by atoms with E-state index in [1.54, 1.807) is 25.1 Å². The summed E-state index contributed by atoms with van der Waals surface area (Å²) < 4.78 is 18.6. The molecule has 1 aromatic rings. The Morgan fingerprint density at radius 2 is 2.11 bits per heavy atom. The predicted octanol–water partition coefficient (Wildman–Crippen LogP) is 2.94. The van der Waals surface area contributed by atoms with E-state index in [2.05, 4.69) is 6.58 Å². The van der Waals surface area contributed by atoms with Gasteiger partial charge in [0.05, 0.1) is 6.61 Å². The molecule has 0 fully saturated rings. The molecule has 104 valence electrons. The number of likely N-dealkylation sites (N-methyl/N-ethyl adjacent to an activating group) is 1. The van der Waals surface area contributed by atoms with E-state index in [9.17, 15) is 9.18 Å². The van der Waals surface area contributed by atoms with Crippen LogP contribution in [0.25, 0.3) is 0 Å². The molecule has 0 amide bonds. The summed E-state index contributed by atoms with van der Waals surface area (Å²) in [5.41, 5.74) is 0.967. The van der Waals surface area contributed by atoms with Gasteiger partial charge in [0.1, 0.15) is 5.82 Å². The molecule has 0 aromatic heterocycles. The number of benzene rings is 1. The third-order valence-electron chi connectivity index (χ3n) is 3.02. The Hall–Kier alpha value is -1.68. The van der Waals surface area contributed by atoms with Crippen molar-refractivity contribution in [1.82, 2.24) is 4.90 Å². The van der Waals surface area contributed by atoms with Gasteiger partial charge in [-0.25, -0.2) is 9.18 Å². The second kappa shape index (κ2) is 7.04. The maximum atomic E-state index is 13.7. The van der Waals surface area contributed by atoms with Crippen LogP contribution in [0.5, 0.6) is 0 Å². The highest BCUT2D eigenvalue weighted by Crippen LogP contribution is 2.22. The minimum Gasteiger partial charge on any atom is -0.463 e. The molecule has 0 aliphatic heterocycles. The van der Waals surface area contributed by atoms with Crippen molar-refractivity contribution in [2.75, 3.05) is 20.2 Å². The Labute approximate surface area is 113 Å². The third-order valence-corrected chi connectivity index (χ3v) is 3.02. The van der Waals surface area contributed by atoms with Crippen LogP contribution in [0.3, 0.4) is 0 Å². The van der Waals surface area contributed by atoms with Crippen LogP contribution in [0.4, 0.5) is 4.39 Å². The number of carbonyl (C=O) groups excluding carboxylic acids is 1. The van der Waals surface area contributed by atoms with Gasteiger partial charge < -0.3 is 4.74 Å². The minimum absolute atomic E-state index is 0.146. The van der Waals surface area contributed by atoms with Gasteiger partial charge in [-0.1, -0.05) is 24.8 Å². The van der Waals surface area contributed by atoms with E-state index in [1.165, 1.54) is 6.07 Å². The summed E-state index contributed by atoms with van der Waals surface area (Å²) in [4.78, 5) is 13.3. The van der Waals surface area contributed by atoms with Crippen LogP contribution in [0.15, 0.2) is 36.4 Å². The van der Waals surface area contributed by atoms with Gasteiger partial charge in [0.25, 0.3) is 0 Å². The molecule has 0 saturated carbocycles. The highest BCUT2D eigenvalue weighted by atomic mass is 19.1. The topological polar surface area (TPSA) is 29.5 Å². The number of ether oxygens (including phenoxy) is 1. The quantitative estimate of drug-likeness (QED) is 0.585. The maximum absolute atomic E-state index is 13.7. The standard InChI is InChI=1S/C15H20FNO2/c1-5-19-15(18)11(2)10-17(4)12(3)13-8-6-7-9-14(13)16/h6-9,12H,2,5,10H2,1,3-4H3. The van der Waals surface area contributed by atoms with E-state index < -0.39 is 5.97 Å². The number of hydrogen-bond donors (Lipinski definition) is 0. The number of rotatable bonds is 6. The summed E-state index contributed by atoms with van der Waals surface area (Å²) >= 11 is 0. The Balaban J connectivity index is 2.68. The lowest BCUT2D eigenvalue weighted by Crippen LogP contribution is -2.28. The number of carbonyl (C=O) groups is 1. The smallest absolute Gasteiger partial charge is 0.334 e. The first-order valence-corrected chi connectivity index (χ1v) is 6.27. The molecule has 0 bridgehead atoms. The van der Waals surface area contributed by atoms with Crippen LogP contribution in [-0.4, -0.2) is 31.1 Å². The fourth-order valence-electron chi connectivity index (χ4n) is 1.79. The van der Waals surface area contributed by atoms with Crippen molar-refractivity contribution in [3.05, 3.63) is 47.8 Å². The number of esters is 1. The SMILES string of the molecule is C=C(CN(C)C(C)c1ccccc1F)C(=O)OCC. The van der Waals surface area contributed by atoms with Crippen molar-refractivity contribution < 1.29 is 13.9 Å². The lowest BCUT2D eigenvalue weighted by atomic mass is 10.1. The van der Waals surface area contributed by atoms with Crippen LogP contribution in [0.1, 0.15) is 25.5 Å². The first-order chi connectivity index (χ1) is 8.97. The van der Waals surface area contributed by atoms with Crippen molar-refractivity contribution in [1.29, 1.82) is 0 Å². The summed E-state index contributed by atoms with van der Waals surface area (Å²) in [6, 6.07) is 6.47. The van der Waals surface area contributed by atoms with Crippen LogP contribution in [0.2, 0.25) is 0 Å². The summed E-state index contributed by atoms with van der Waals surface area (Å²) in [6.07, 6.45) is 0. The molecule has 0 N–H and O–H groups in total. The molecular formula is C15H20FNO2. The minimum atomic E-state index is -0.407. The average Bonchev–Trinajstić information content (AvgIpc) is 2.38. The van der Waals surface area contributed by atoms with Crippen molar-refractivity contribution in [2.24, 2.45) is 0 Å². The predicted molar refractivity (Wildman–Crippen MR) is 73.2 cm³/mol. The van der Waals surface area contributed by atoms with Gasteiger partial charge in [0, 0.05) is 23.7 Å². The first kappa shape index (κ1) is 15.4. The number of hydrogen-bond acceptors (Lipinski definition) is 3. The van der Waals surface area contributed by atoms with Gasteiger partial charge in [-0.3, -0.25) is 4.90 Å². The summed E-state index contributed by atoms with van der Waals surface area (Å²) in [5, 5.41) is 0. The van der Waals surface area contributed by atoms with E-state index >= 15 is 0 Å². The summed E-state index contributed by atoms with van der Waals surface area (Å²) in [7, 11) is 1.82. The number of halogens is 1. The van der Waals surface area contributed by atoms with Gasteiger partial charge >= 0.3 is 5.97 Å². The molecule has 1 aromatic carbocycles. The zero-order valence-corrected chi connectivity index (χ0v) is 11.6. The molecular weight excluding hydrogens is 245 g/mol. The van der Waals surface area contributed by atoms with Crippen molar-refractivity contribution in [2.45, 2.75) is 19.9 Å². The molecule has 0 aliphatic rings. The molecule has 19 heavy (non-hydrogen) atoms. The second-order valence-corrected chi connectivity index (χ2v) is 4.44. The second-order valence-electron chi connectivity index (χ2n) is 4.44. The monoisotopic (exact) mass is 265 g/mol. The molecule has 0 heterocycles. The largest absolute Gasteiger partial charge is 0.463 e. The molecule has 1 atom stereocenters. The molecule has 0 spiro atoms. The van der Waals surface area contributed by atoms with Crippen LogP contribution in [-0.2, 0) is 9.53 Å². The fraction of sp³-hybridized carbons (Fsp3) is 0.400. The molecule has 0 aliphatic carbocycles. The van der Waals surface area contributed by atoms with E-state index in [0.717, 1.165) is 0 Å². The van der Waals surface area contributed by atoms with Gasteiger partial charge in [-0.2, -0.15) is 0 Å². The average molecular weight is 265 g/mol. The van der Waals surface area contributed by atoms with E-state index in [4.69, 9.17) is 4.74 Å². The first-order valence-electron chi connectivity index (χ1n) is 6.27. The van der Waals surface area contributed by atoms with E-state index in [1.807, 2.05) is 18.9 Å². The van der Waals surface area contributed by atoms with Crippen LogP contribution >= 0.6 is 0 Å². The molecule has 1 rings (SSSR count). The Kier molecular flexibility index (Phi) is 5.70. The Bertz CT molecular complexity index is 459. The molecule has 0 radical (unpaired) electrons. The molecule has 4 heteroatoms. The maximum Gasteiger partial charge on any atom is 0.334 e. The Morgan fingerprint density at radius 1 is 1.47 bits per heavy atom. The van der Waals surface area contributed by atoms with Crippen molar-refractivity contribution >= 4 is 5.97 Å². The van der Waals surface area contributed by atoms with E-state index in [0.29, 0.717) is 24.3 Å².